The molecule has 0 spiro atoms. The summed E-state index contributed by atoms with van der Waals surface area (Å²) in [6, 6.07) is 4.05. The number of rotatable bonds is 5. The highest BCUT2D eigenvalue weighted by Gasteiger charge is 2.25. The van der Waals surface area contributed by atoms with Gasteiger partial charge in [0.2, 0.25) is 0 Å². The average molecular weight is 396 g/mol. The van der Waals surface area contributed by atoms with Crippen molar-refractivity contribution in [2.24, 2.45) is 0 Å². The molecule has 2 heterocycles. The van der Waals surface area contributed by atoms with Crippen LogP contribution in [0.1, 0.15) is 9.88 Å². The fourth-order valence-electron chi connectivity index (χ4n) is 3.02. The van der Waals surface area contributed by atoms with Crippen molar-refractivity contribution in [3.8, 4) is 0 Å². The quantitative estimate of drug-likeness (QED) is 0.564. The molecule has 0 radical (unpaired) electrons. The van der Waals surface area contributed by atoms with Crippen LogP contribution in [0, 0.1) is 17.0 Å². The van der Waals surface area contributed by atoms with Crippen molar-refractivity contribution in [2.75, 3.05) is 37.3 Å². The van der Waals surface area contributed by atoms with E-state index in [1.54, 1.807) is 11.3 Å². The molecule has 1 aliphatic heterocycles. The number of hydrogen-bond acceptors (Lipinski definition) is 8. The Kier molecular flexibility index (Phi) is 5.26. The van der Waals surface area contributed by atoms with E-state index in [1.165, 1.54) is 17.0 Å². The van der Waals surface area contributed by atoms with Crippen LogP contribution in [0.25, 0.3) is 0 Å². The molecule has 0 unspecified atom stereocenters. The van der Waals surface area contributed by atoms with Crippen LogP contribution in [0.15, 0.2) is 29.3 Å². The van der Waals surface area contributed by atoms with Gasteiger partial charge in [-0.05, 0) is 13.0 Å². The molecule has 8 nitrogen and oxygen atoms in total. The average Bonchev–Trinajstić information content (AvgIpc) is 2.99. The van der Waals surface area contributed by atoms with Crippen molar-refractivity contribution in [3.05, 3.63) is 44.4 Å². The first-order valence-electron chi connectivity index (χ1n) is 8.11. The summed E-state index contributed by atoms with van der Waals surface area (Å²) >= 11 is 1.68. The molecule has 1 aromatic carbocycles. The molecule has 2 aromatic rings. The maximum atomic E-state index is 12.1. The minimum Gasteiger partial charge on any atom is -0.368 e. The highest BCUT2D eigenvalue weighted by atomic mass is 32.2. The number of piperazine rings is 1. The van der Waals surface area contributed by atoms with E-state index < -0.39 is 14.8 Å². The molecule has 10 heteroatoms. The van der Waals surface area contributed by atoms with Crippen molar-refractivity contribution in [1.29, 1.82) is 0 Å². The van der Waals surface area contributed by atoms with E-state index in [4.69, 9.17) is 0 Å². The third kappa shape index (κ3) is 4.19. The minimum atomic E-state index is -3.56. The van der Waals surface area contributed by atoms with Crippen LogP contribution in [-0.4, -0.2) is 55.7 Å². The molecule has 3 rings (SSSR count). The van der Waals surface area contributed by atoms with Gasteiger partial charge in [0.1, 0.15) is 0 Å². The number of sulfone groups is 1. The Hall–Kier alpha value is -2.04. The van der Waals surface area contributed by atoms with Crippen LogP contribution in [0.4, 0.5) is 11.4 Å². The van der Waals surface area contributed by atoms with Crippen molar-refractivity contribution in [2.45, 2.75) is 18.4 Å². The van der Waals surface area contributed by atoms with Crippen LogP contribution < -0.4 is 4.90 Å². The summed E-state index contributed by atoms with van der Waals surface area (Å²) in [6.07, 6.45) is 2.97. The van der Waals surface area contributed by atoms with Crippen molar-refractivity contribution >= 4 is 32.5 Å². The number of nitro groups is 1. The number of hydrogen-bond donors (Lipinski definition) is 0. The largest absolute Gasteiger partial charge is 0.368 e. The molecule has 1 aliphatic rings. The summed E-state index contributed by atoms with van der Waals surface area (Å²) in [7, 11) is -3.56. The predicted molar refractivity (Wildman–Crippen MR) is 101 cm³/mol. The lowest BCUT2D eigenvalue weighted by atomic mass is 10.2. The molecule has 1 saturated heterocycles. The number of nitro benzene ring substituents is 1. The lowest BCUT2D eigenvalue weighted by molar-refractivity contribution is -0.385. The Morgan fingerprint density at radius 3 is 2.50 bits per heavy atom. The zero-order chi connectivity index (χ0) is 18.9. The molecule has 140 valence electrons. The maximum absolute atomic E-state index is 12.1. The predicted octanol–water partition coefficient (Wildman–Crippen LogP) is 2.09. The normalized spacial score (nSPS) is 16.0. The summed E-state index contributed by atoms with van der Waals surface area (Å²) in [4.78, 5) is 20.2. The third-order valence-electron chi connectivity index (χ3n) is 4.32. The van der Waals surface area contributed by atoms with Crippen molar-refractivity contribution in [1.82, 2.24) is 9.88 Å². The Morgan fingerprint density at radius 1 is 1.27 bits per heavy atom. The van der Waals surface area contributed by atoms with Gasteiger partial charge < -0.3 is 4.90 Å². The molecule has 0 bridgehead atoms. The summed E-state index contributed by atoms with van der Waals surface area (Å²) < 4.78 is 24.2. The van der Waals surface area contributed by atoms with Crippen LogP contribution in [0.3, 0.4) is 0 Å². The zero-order valence-corrected chi connectivity index (χ0v) is 16.2. The Bertz CT molecular complexity index is 918. The number of thiazole rings is 1. The molecule has 26 heavy (non-hydrogen) atoms. The number of anilines is 1. The van der Waals surface area contributed by atoms with Crippen molar-refractivity contribution < 1.29 is 13.3 Å². The second-order valence-electron chi connectivity index (χ2n) is 6.29. The highest BCUT2D eigenvalue weighted by molar-refractivity contribution is 7.90. The zero-order valence-electron chi connectivity index (χ0n) is 14.6. The molecule has 0 N–H and O–H groups in total. The Morgan fingerprint density at radius 2 is 1.96 bits per heavy atom. The van der Waals surface area contributed by atoms with Crippen LogP contribution >= 0.6 is 11.3 Å². The first-order valence-corrected chi connectivity index (χ1v) is 10.8. The standard InChI is InChI=1S/C16H20N4O4S2/c1-12-17-10-14(25-12)11-18-5-7-19(8-6-18)15-4-3-13(20(21)22)9-16(15)26(2,23)24/h3-4,9-10H,5-8,11H2,1-2H3. The lowest BCUT2D eigenvalue weighted by Crippen LogP contribution is -2.46. The van der Waals surface area contributed by atoms with E-state index >= 15 is 0 Å². The van der Waals surface area contributed by atoms with Gasteiger partial charge in [0.25, 0.3) is 5.69 Å². The van der Waals surface area contributed by atoms with Gasteiger partial charge in [-0.3, -0.25) is 15.0 Å². The number of non-ortho nitro benzene ring substituents is 1. The van der Waals surface area contributed by atoms with Gasteiger partial charge in [0.05, 0.1) is 20.5 Å². The van der Waals surface area contributed by atoms with Gasteiger partial charge in [0, 0.05) is 62.2 Å². The first kappa shape index (κ1) is 18.7. The van der Waals surface area contributed by atoms with E-state index in [0.29, 0.717) is 18.8 Å². The molecule has 0 amide bonds. The molecule has 1 aromatic heterocycles. The van der Waals surface area contributed by atoms with Gasteiger partial charge >= 0.3 is 0 Å². The van der Waals surface area contributed by atoms with E-state index in [9.17, 15) is 18.5 Å². The molecular formula is C16H20N4O4S2. The second-order valence-corrected chi connectivity index (χ2v) is 9.59. The lowest BCUT2D eigenvalue weighted by Gasteiger charge is -2.36. The Labute approximate surface area is 156 Å². The number of benzene rings is 1. The van der Waals surface area contributed by atoms with E-state index in [-0.39, 0.29) is 10.6 Å². The highest BCUT2D eigenvalue weighted by Crippen LogP contribution is 2.30. The van der Waals surface area contributed by atoms with E-state index in [0.717, 1.165) is 37.0 Å². The van der Waals surface area contributed by atoms with Crippen molar-refractivity contribution in [3.63, 3.8) is 0 Å². The third-order valence-corrected chi connectivity index (χ3v) is 6.34. The molecule has 0 atom stereocenters. The summed E-state index contributed by atoms with van der Waals surface area (Å²) in [5.74, 6) is 0. The number of aromatic nitrogens is 1. The van der Waals surface area contributed by atoms with Gasteiger partial charge in [-0.25, -0.2) is 13.4 Å². The summed E-state index contributed by atoms with van der Waals surface area (Å²) in [6.45, 7) is 5.72. The monoisotopic (exact) mass is 396 g/mol. The van der Waals surface area contributed by atoms with Gasteiger partial charge in [-0.2, -0.15) is 0 Å². The second kappa shape index (κ2) is 7.29. The van der Waals surface area contributed by atoms with Gasteiger partial charge in [-0.15, -0.1) is 11.3 Å². The summed E-state index contributed by atoms with van der Waals surface area (Å²) in [5.41, 5.74) is 0.319. The summed E-state index contributed by atoms with van der Waals surface area (Å²) in [5, 5.41) is 12.0. The van der Waals surface area contributed by atoms with E-state index in [1.807, 2.05) is 18.0 Å². The SMILES string of the molecule is Cc1ncc(CN2CCN(c3ccc([N+](=O)[O-])cc3S(C)(=O)=O)CC2)s1. The fraction of sp³-hybridized carbons (Fsp3) is 0.438. The van der Waals surface area contributed by atoms with Gasteiger partial charge in [-0.1, -0.05) is 0 Å². The smallest absolute Gasteiger partial charge is 0.270 e. The number of aryl methyl sites for hydroxylation is 1. The molecular weight excluding hydrogens is 376 g/mol. The topological polar surface area (TPSA) is 96.7 Å². The minimum absolute atomic E-state index is 0.0123. The van der Waals surface area contributed by atoms with Crippen LogP contribution in [0.2, 0.25) is 0 Å². The molecule has 0 aliphatic carbocycles. The van der Waals surface area contributed by atoms with Crippen LogP contribution in [0.5, 0.6) is 0 Å². The fourth-order valence-corrected chi connectivity index (χ4v) is 4.77. The van der Waals surface area contributed by atoms with Crippen LogP contribution in [-0.2, 0) is 16.4 Å². The first-order chi connectivity index (χ1) is 12.2. The molecule has 0 saturated carbocycles. The Balaban J connectivity index is 1.75. The maximum Gasteiger partial charge on any atom is 0.270 e. The van der Waals surface area contributed by atoms with E-state index in [2.05, 4.69) is 9.88 Å². The number of nitrogens with zero attached hydrogens (tertiary/aromatic N) is 4. The van der Waals surface area contributed by atoms with Gasteiger partial charge in [0.15, 0.2) is 9.84 Å². The molecule has 1 fully saturated rings.